The second kappa shape index (κ2) is 17.1. The molecular formula is C21H45NO10. The van der Waals surface area contributed by atoms with E-state index in [-0.39, 0.29) is 52.3 Å². The molecule has 0 aliphatic carbocycles. The van der Waals surface area contributed by atoms with Gasteiger partial charge in [-0.15, -0.1) is 0 Å². The molecule has 194 valence electrons. The summed E-state index contributed by atoms with van der Waals surface area (Å²) in [7, 11) is 0. The zero-order valence-electron chi connectivity index (χ0n) is 19.6. The van der Waals surface area contributed by atoms with Crippen molar-refractivity contribution >= 4 is 0 Å². The fourth-order valence-electron chi connectivity index (χ4n) is 3.11. The molecule has 0 saturated carbocycles. The molecule has 0 fully saturated rings. The molecule has 11 heteroatoms. The zero-order valence-corrected chi connectivity index (χ0v) is 19.6. The maximum atomic E-state index is 10.3. The number of nitrogens with zero attached hydrogens (tertiary/aromatic N) is 1. The van der Waals surface area contributed by atoms with Crippen molar-refractivity contribution in [2.45, 2.75) is 82.3 Å². The lowest BCUT2D eigenvalue weighted by atomic mass is 10.0. The van der Waals surface area contributed by atoms with Gasteiger partial charge in [-0.25, -0.2) is 0 Å². The molecule has 6 unspecified atom stereocenters. The largest absolute Gasteiger partial charge is 0.396 e. The molecule has 0 aliphatic rings. The van der Waals surface area contributed by atoms with Crippen molar-refractivity contribution in [1.29, 1.82) is 0 Å². The van der Waals surface area contributed by atoms with E-state index < -0.39 is 42.2 Å². The lowest BCUT2D eigenvalue weighted by Crippen LogP contribution is -2.50. The minimum atomic E-state index is -1.52. The maximum absolute atomic E-state index is 10.3. The Morgan fingerprint density at radius 1 is 0.750 bits per heavy atom. The molecule has 0 aromatic rings. The van der Waals surface area contributed by atoms with Crippen molar-refractivity contribution in [3.8, 4) is 0 Å². The van der Waals surface area contributed by atoms with Crippen LogP contribution in [0.5, 0.6) is 0 Å². The maximum Gasteiger partial charge on any atom is 0.107 e. The highest BCUT2D eigenvalue weighted by Crippen LogP contribution is 2.15. The fraction of sp³-hybridized carbons (Fsp3) is 1.00. The average Bonchev–Trinajstić information content (AvgIpc) is 2.72. The van der Waals surface area contributed by atoms with E-state index in [1.807, 2.05) is 20.8 Å². The molecule has 0 amide bonds. The Balaban J connectivity index is 5.01. The topological polar surface area (TPSA) is 184 Å². The first-order chi connectivity index (χ1) is 15.0. The summed E-state index contributed by atoms with van der Waals surface area (Å²) in [5.41, 5.74) is -0.480. The third-order valence-electron chi connectivity index (χ3n) is 5.27. The molecule has 8 N–H and O–H groups in total. The standard InChI is InChI=1S/C21H45NO10/c1-4-31-11-7-21(2,3)32-12-8-22(13-17(27)19(29)15(25)5-9-23)14-18(28)20(30)16(26)6-10-24/h15-20,23-30H,4-14H2,1-3H3. The predicted octanol–water partition coefficient (Wildman–Crippen LogP) is -2.56. The average molecular weight is 472 g/mol. The van der Waals surface area contributed by atoms with Crippen LogP contribution in [-0.4, -0.2) is 141 Å². The Bertz CT molecular complexity index is 430. The Hall–Kier alpha value is -0.440. The number of aliphatic hydroxyl groups excluding tert-OH is 8. The summed E-state index contributed by atoms with van der Waals surface area (Å²) in [6, 6.07) is 0. The van der Waals surface area contributed by atoms with Crippen molar-refractivity contribution in [2.24, 2.45) is 0 Å². The van der Waals surface area contributed by atoms with E-state index in [0.29, 0.717) is 19.6 Å². The Morgan fingerprint density at radius 2 is 1.22 bits per heavy atom. The Morgan fingerprint density at radius 3 is 1.62 bits per heavy atom. The molecule has 0 spiro atoms. The minimum Gasteiger partial charge on any atom is -0.396 e. The summed E-state index contributed by atoms with van der Waals surface area (Å²) in [6.07, 6.45) is -8.04. The summed E-state index contributed by atoms with van der Waals surface area (Å²) >= 11 is 0. The smallest absolute Gasteiger partial charge is 0.107 e. The summed E-state index contributed by atoms with van der Waals surface area (Å²) in [5.74, 6) is 0. The van der Waals surface area contributed by atoms with Crippen LogP contribution in [0.15, 0.2) is 0 Å². The van der Waals surface area contributed by atoms with Crippen LogP contribution >= 0.6 is 0 Å². The van der Waals surface area contributed by atoms with Crippen LogP contribution in [0.1, 0.15) is 40.0 Å². The molecule has 0 aromatic heterocycles. The molecule has 0 rings (SSSR count). The quantitative estimate of drug-likeness (QED) is 0.0874. The predicted molar refractivity (Wildman–Crippen MR) is 117 cm³/mol. The fourth-order valence-corrected chi connectivity index (χ4v) is 3.11. The van der Waals surface area contributed by atoms with Gasteiger partial charge >= 0.3 is 0 Å². The van der Waals surface area contributed by atoms with Gasteiger partial charge in [0.1, 0.15) is 12.2 Å². The molecule has 11 nitrogen and oxygen atoms in total. The van der Waals surface area contributed by atoms with Crippen LogP contribution in [0.4, 0.5) is 0 Å². The minimum absolute atomic E-state index is 0.107. The van der Waals surface area contributed by atoms with E-state index in [2.05, 4.69) is 0 Å². The van der Waals surface area contributed by atoms with Crippen LogP contribution in [0, 0.1) is 0 Å². The van der Waals surface area contributed by atoms with Crippen molar-refractivity contribution in [2.75, 3.05) is 52.7 Å². The third kappa shape index (κ3) is 13.3. The van der Waals surface area contributed by atoms with Crippen LogP contribution in [0.25, 0.3) is 0 Å². The van der Waals surface area contributed by atoms with Crippen LogP contribution in [-0.2, 0) is 9.47 Å². The van der Waals surface area contributed by atoms with Crippen molar-refractivity contribution in [3.05, 3.63) is 0 Å². The molecule has 6 atom stereocenters. The van der Waals surface area contributed by atoms with Gasteiger partial charge in [0.15, 0.2) is 0 Å². The molecule has 32 heavy (non-hydrogen) atoms. The molecule has 0 aliphatic heterocycles. The zero-order chi connectivity index (χ0) is 24.7. The summed E-state index contributed by atoms with van der Waals surface area (Å²) in [4.78, 5) is 1.54. The van der Waals surface area contributed by atoms with Crippen LogP contribution < -0.4 is 0 Å². The van der Waals surface area contributed by atoms with Gasteiger partial charge in [-0.2, -0.15) is 0 Å². The van der Waals surface area contributed by atoms with Gasteiger partial charge in [0.05, 0.1) is 36.6 Å². The van der Waals surface area contributed by atoms with Gasteiger partial charge in [-0.05, 0) is 40.0 Å². The molecule has 0 heterocycles. The number of rotatable bonds is 20. The number of hydrogen-bond donors (Lipinski definition) is 8. The van der Waals surface area contributed by atoms with E-state index in [0.717, 1.165) is 0 Å². The van der Waals surface area contributed by atoms with E-state index in [1.165, 1.54) is 4.90 Å². The lowest BCUT2D eigenvalue weighted by Gasteiger charge is -2.33. The summed E-state index contributed by atoms with van der Waals surface area (Å²) in [5, 5.41) is 78.2. The van der Waals surface area contributed by atoms with Gasteiger partial charge in [-0.3, -0.25) is 4.90 Å². The number of aliphatic hydroxyl groups is 8. The highest BCUT2D eigenvalue weighted by Gasteiger charge is 2.30. The highest BCUT2D eigenvalue weighted by atomic mass is 16.5. The molecular weight excluding hydrogens is 426 g/mol. The summed E-state index contributed by atoms with van der Waals surface area (Å²) in [6.45, 7) is 6.26. The summed E-state index contributed by atoms with van der Waals surface area (Å²) < 4.78 is 11.2. The van der Waals surface area contributed by atoms with E-state index in [4.69, 9.17) is 19.7 Å². The first-order valence-electron chi connectivity index (χ1n) is 11.2. The van der Waals surface area contributed by atoms with Gasteiger partial charge in [0.2, 0.25) is 0 Å². The first kappa shape index (κ1) is 31.6. The second-order valence-corrected chi connectivity index (χ2v) is 8.59. The van der Waals surface area contributed by atoms with Crippen molar-refractivity contribution < 1.29 is 50.3 Å². The van der Waals surface area contributed by atoms with Gasteiger partial charge in [0, 0.05) is 46.1 Å². The van der Waals surface area contributed by atoms with Gasteiger partial charge in [-0.1, -0.05) is 0 Å². The molecule has 0 saturated heterocycles. The van der Waals surface area contributed by atoms with E-state index >= 15 is 0 Å². The van der Waals surface area contributed by atoms with Gasteiger partial charge < -0.3 is 50.3 Å². The Kier molecular flexibility index (Phi) is 16.8. The van der Waals surface area contributed by atoms with E-state index in [9.17, 15) is 30.6 Å². The SMILES string of the molecule is CCOCCC(C)(C)OCCN(CC(O)C(O)C(O)CCO)CC(O)C(O)C(O)CCO. The number of hydrogen-bond acceptors (Lipinski definition) is 11. The van der Waals surface area contributed by atoms with Crippen LogP contribution in [0.3, 0.4) is 0 Å². The second-order valence-electron chi connectivity index (χ2n) is 8.59. The highest BCUT2D eigenvalue weighted by molar-refractivity contribution is 4.82. The van der Waals surface area contributed by atoms with Crippen molar-refractivity contribution in [1.82, 2.24) is 4.90 Å². The van der Waals surface area contributed by atoms with E-state index in [1.54, 1.807) is 0 Å². The lowest BCUT2D eigenvalue weighted by molar-refractivity contribution is -0.0989. The van der Waals surface area contributed by atoms with Crippen molar-refractivity contribution in [3.63, 3.8) is 0 Å². The van der Waals surface area contributed by atoms with Gasteiger partial charge in [0.25, 0.3) is 0 Å². The first-order valence-corrected chi connectivity index (χ1v) is 11.2. The normalized spacial score (nSPS) is 18.4. The monoisotopic (exact) mass is 471 g/mol. The van der Waals surface area contributed by atoms with Crippen LogP contribution in [0.2, 0.25) is 0 Å². The number of ether oxygens (including phenoxy) is 2. The molecule has 0 radical (unpaired) electrons. The Labute approximate surface area is 190 Å². The third-order valence-corrected chi connectivity index (χ3v) is 5.27. The molecule has 0 aromatic carbocycles. The molecule has 0 bridgehead atoms.